The molecule has 13 heteroatoms. The van der Waals surface area contributed by atoms with Crippen LogP contribution in [0.5, 0.6) is 0 Å². The summed E-state index contributed by atoms with van der Waals surface area (Å²) in [4.78, 5) is 56.7. The molecule has 0 saturated heterocycles. The number of hydrogen-bond donors (Lipinski definition) is 7. The monoisotopic (exact) mass is 472 g/mol. The molecule has 0 saturated carbocycles. The maximum atomic E-state index is 11.9. The van der Waals surface area contributed by atoms with Gasteiger partial charge in [-0.1, -0.05) is 11.6 Å². The van der Waals surface area contributed by atoms with E-state index < -0.39 is 48.5 Å². The molecular formula is C19H25ClN4O8. The average Bonchev–Trinajstić information content (AvgIpc) is 2.71. The molecule has 0 aromatic heterocycles. The first-order valence-electron chi connectivity index (χ1n) is 9.63. The zero-order valence-corrected chi connectivity index (χ0v) is 17.7. The average molecular weight is 473 g/mol. The van der Waals surface area contributed by atoms with E-state index in [1.165, 1.54) is 0 Å². The van der Waals surface area contributed by atoms with Gasteiger partial charge in [0.1, 0.15) is 12.1 Å². The van der Waals surface area contributed by atoms with Crippen LogP contribution in [0.2, 0.25) is 5.02 Å². The minimum Gasteiger partial charge on any atom is -0.481 e. The molecule has 0 aliphatic heterocycles. The molecule has 176 valence electrons. The van der Waals surface area contributed by atoms with E-state index in [1.807, 2.05) is 0 Å². The molecule has 0 unspecified atom stereocenters. The number of urea groups is 2. The quantitative estimate of drug-likeness (QED) is 0.210. The highest BCUT2D eigenvalue weighted by Crippen LogP contribution is 2.13. The normalized spacial score (nSPS) is 12.2. The molecule has 0 fully saturated rings. The Bertz CT molecular complexity index is 818. The zero-order valence-electron chi connectivity index (χ0n) is 17.0. The third kappa shape index (κ3) is 11.0. The van der Waals surface area contributed by atoms with Crippen molar-refractivity contribution in [3.8, 4) is 0 Å². The number of anilines is 1. The van der Waals surface area contributed by atoms with Gasteiger partial charge in [0.25, 0.3) is 0 Å². The molecule has 1 aromatic rings. The zero-order chi connectivity index (χ0) is 24.1. The molecule has 0 radical (unpaired) electrons. The van der Waals surface area contributed by atoms with Crippen LogP contribution in [0.4, 0.5) is 15.3 Å². The van der Waals surface area contributed by atoms with Crippen LogP contribution in [0.15, 0.2) is 24.3 Å². The van der Waals surface area contributed by atoms with E-state index in [2.05, 4.69) is 21.3 Å². The summed E-state index contributed by atoms with van der Waals surface area (Å²) in [5, 5.41) is 36.8. The van der Waals surface area contributed by atoms with Crippen LogP contribution in [0.25, 0.3) is 0 Å². The molecular weight excluding hydrogens is 448 g/mol. The topological polar surface area (TPSA) is 194 Å². The summed E-state index contributed by atoms with van der Waals surface area (Å²) in [6.07, 6.45) is -0.00872. The molecule has 12 nitrogen and oxygen atoms in total. The fourth-order valence-electron chi connectivity index (χ4n) is 2.52. The van der Waals surface area contributed by atoms with Gasteiger partial charge in [0.05, 0.1) is 0 Å². The Balaban J connectivity index is 2.36. The van der Waals surface area contributed by atoms with Crippen LogP contribution in [-0.2, 0) is 14.4 Å². The van der Waals surface area contributed by atoms with Crippen molar-refractivity contribution in [2.45, 2.75) is 44.2 Å². The minimum absolute atomic E-state index is 0.0378. The Morgan fingerprint density at radius 3 is 1.91 bits per heavy atom. The van der Waals surface area contributed by atoms with Crippen molar-refractivity contribution in [1.29, 1.82) is 0 Å². The number of carbonyl (C=O) groups is 5. The number of unbranched alkanes of at least 4 members (excludes halogenated alkanes) is 1. The maximum Gasteiger partial charge on any atom is 0.326 e. The standard InChI is InChI=1S/C19H25ClN4O8/c20-11-4-6-12(7-5-11)22-18(31)21-10-2-1-3-13(16(27)28)23-19(32)24-14(17(29)30)8-9-15(25)26/h4-7,13-14H,1-3,8-10H2,(H,25,26)(H,27,28)(H,29,30)(H2,21,22,31)(H2,23,24,32)/t13-,14-/m0/s1. The number of carboxylic acids is 3. The number of benzene rings is 1. The lowest BCUT2D eigenvalue weighted by Crippen LogP contribution is -2.51. The molecule has 0 heterocycles. The van der Waals surface area contributed by atoms with Gasteiger partial charge in [-0.2, -0.15) is 0 Å². The van der Waals surface area contributed by atoms with E-state index in [0.717, 1.165) is 0 Å². The van der Waals surface area contributed by atoms with E-state index in [0.29, 0.717) is 23.6 Å². The van der Waals surface area contributed by atoms with Gasteiger partial charge in [-0.15, -0.1) is 0 Å². The summed E-state index contributed by atoms with van der Waals surface area (Å²) in [7, 11) is 0. The molecule has 1 rings (SSSR count). The first-order valence-corrected chi connectivity index (χ1v) is 10.0. The predicted molar refractivity (Wildman–Crippen MR) is 114 cm³/mol. The van der Waals surface area contributed by atoms with E-state index in [4.69, 9.17) is 21.8 Å². The second-order valence-electron chi connectivity index (χ2n) is 6.72. The Morgan fingerprint density at radius 2 is 1.38 bits per heavy atom. The van der Waals surface area contributed by atoms with Gasteiger partial charge >= 0.3 is 30.0 Å². The number of hydrogen-bond acceptors (Lipinski definition) is 5. The van der Waals surface area contributed by atoms with E-state index in [-0.39, 0.29) is 19.4 Å². The minimum atomic E-state index is -1.47. The molecule has 0 aliphatic rings. The smallest absolute Gasteiger partial charge is 0.326 e. The first kappa shape index (κ1) is 26.5. The highest BCUT2D eigenvalue weighted by atomic mass is 35.5. The summed E-state index contributed by atoms with van der Waals surface area (Å²) >= 11 is 5.76. The van der Waals surface area contributed by atoms with Gasteiger partial charge < -0.3 is 36.6 Å². The number of amides is 4. The SMILES string of the molecule is O=C(O)CC[C@H](NC(=O)N[C@@H](CCCCNC(=O)Nc1ccc(Cl)cc1)C(=O)O)C(=O)O. The van der Waals surface area contributed by atoms with Crippen LogP contribution in [0.1, 0.15) is 32.1 Å². The molecule has 7 N–H and O–H groups in total. The van der Waals surface area contributed by atoms with Crippen LogP contribution in [0, 0.1) is 0 Å². The fraction of sp³-hybridized carbons (Fsp3) is 0.421. The van der Waals surface area contributed by atoms with E-state index >= 15 is 0 Å². The van der Waals surface area contributed by atoms with Gasteiger partial charge in [0.2, 0.25) is 0 Å². The highest BCUT2D eigenvalue weighted by Gasteiger charge is 2.24. The predicted octanol–water partition coefficient (Wildman–Crippen LogP) is 1.70. The van der Waals surface area contributed by atoms with Crippen molar-refractivity contribution in [2.24, 2.45) is 0 Å². The van der Waals surface area contributed by atoms with Crippen molar-refractivity contribution in [2.75, 3.05) is 11.9 Å². The summed E-state index contributed by atoms with van der Waals surface area (Å²) in [6, 6.07) is 2.28. The molecule has 0 aliphatic carbocycles. The molecule has 0 spiro atoms. The molecule has 4 amide bonds. The molecule has 1 aromatic carbocycles. The molecule has 0 bridgehead atoms. The number of nitrogens with one attached hydrogen (secondary N) is 4. The Labute approximate surface area is 188 Å². The summed E-state index contributed by atoms with van der Waals surface area (Å²) in [5.41, 5.74) is 0.552. The van der Waals surface area contributed by atoms with Crippen LogP contribution >= 0.6 is 11.6 Å². The Kier molecular flexibility index (Phi) is 11.3. The van der Waals surface area contributed by atoms with Gasteiger partial charge in [-0.05, 0) is 49.9 Å². The third-order valence-electron chi connectivity index (χ3n) is 4.16. The second-order valence-corrected chi connectivity index (χ2v) is 7.15. The van der Waals surface area contributed by atoms with Crippen molar-refractivity contribution < 1.29 is 39.3 Å². The van der Waals surface area contributed by atoms with Crippen LogP contribution < -0.4 is 21.3 Å². The van der Waals surface area contributed by atoms with Gasteiger partial charge in [-0.25, -0.2) is 19.2 Å². The van der Waals surface area contributed by atoms with E-state index in [9.17, 15) is 29.1 Å². The molecule has 2 atom stereocenters. The van der Waals surface area contributed by atoms with Crippen molar-refractivity contribution in [3.05, 3.63) is 29.3 Å². The number of rotatable bonds is 13. The first-order chi connectivity index (χ1) is 15.1. The lowest BCUT2D eigenvalue weighted by molar-refractivity contribution is -0.140. The Hall–Kier alpha value is -3.54. The van der Waals surface area contributed by atoms with Crippen LogP contribution in [0.3, 0.4) is 0 Å². The number of carboxylic acid groups (broad SMARTS) is 3. The number of halogens is 1. The largest absolute Gasteiger partial charge is 0.481 e. The maximum absolute atomic E-state index is 11.9. The lowest BCUT2D eigenvalue weighted by atomic mass is 10.1. The second kappa shape index (κ2) is 13.7. The summed E-state index contributed by atoms with van der Waals surface area (Å²) < 4.78 is 0. The van der Waals surface area contributed by atoms with E-state index in [1.54, 1.807) is 24.3 Å². The number of aliphatic carboxylic acids is 3. The Morgan fingerprint density at radius 1 is 0.812 bits per heavy atom. The lowest BCUT2D eigenvalue weighted by Gasteiger charge is -2.18. The van der Waals surface area contributed by atoms with Crippen molar-refractivity contribution >= 4 is 47.3 Å². The van der Waals surface area contributed by atoms with Gasteiger partial charge in [0, 0.05) is 23.7 Å². The fourth-order valence-corrected chi connectivity index (χ4v) is 2.65. The summed E-state index contributed by atoms with van der Waals surface area (Å²) in [5.74, 6) is -3.97. The molecule has 32 heavy (non-hydrogen) atoms. The highest BCUT2D eigenvalue weighted by molar-refractivity contribution is 6.30. The third-order valence-corrected chi connectivity index (χ3v) is 4.41. The summed E-state index contributed by atoms with van der Waals surface area (Å²) in [6.45, 7) is 0.258. The van der Waals surface area contributed by atoms with Gasteiger partial charge in [0.15, 0.2) is 0 Å². The van der Waals surface area contributed by atoms with Crippen molar-refractivity contribution in [3.63, 3.8) is 0 Å². The van der Waals surface area contributed by atoms with Crippen molar-refractivity contribution in [1.82, 2.24) is 16.0 Å². The number of carbonyl (C=O) groups excluding carboxylic acids is 2. The van der Waals surface area contributed by atoms with Crippen LogP contribution in [-0.4, -0.2) is 63.9 Å². The van der Waals surface area contributed by atoms with Gasteiger partial charge in [-0.3, -0.25) is 4.79 Å².